The van der Waals surface area contributed by atoms with Gasteiger partial charge in [-0.05, 0) is 60.9 Å². The third-order valence-electron chi connectivity index (χ3n) is 6.36. The van der Waals surface area contributed by atoms with Gasteiger partial charge in [0.25, 0.3) is 5.56 Å². The highest BCUT2D eigenvalue weighted by molar-refractivity contribution is 5.85. The van der Waals surface area contributed by atoms with Crippen molar-refractivity contribution in [2.24, 2.45) is 0 Å². The van der Waals surface area contributed by atoms with E-state index >= 15 is 0 Å². The molecule has 6 rings (SSSR count). The number of nitrogens with zero attached hydrogens (tertiary/aromatic N) is 5. The average Bonchev–Trinajstić information content (AvgIpc) is 3.43. The normalized spacial score (nSPS) is 11.6. The topological polar surface area (TPSA) is 90.1 Å². The number of hydrogen-bond acceptors (Lipinski definition) is 5. The lowest BCUT2D eigenvalue weighted by atomic mass is 10.1. The quantitative estimate of drug-likeness (QED) is 0.408. The van der Waals surface area contributed by atoms with E-state index in [9.17, 15) is 9.18 Å². The molecule has 1 N–H and O–H groups in total. The highest BCUT2D eigenvalue weighted by Gasteiger charge is 2.17. The zero-order chi connectivity index (χ0) is 24.1. The van der Waals surface area contributed by atoms with Gasteiger partial charge in [0.2, 0.25) is 0 Å². The summed E-state index contributed by atoms with van der Waals surface area (Å²) in [7, 11) is 1.64. The number of fused-ring (bicyclic) bond motifs is 4. The minimum Gasteiger partial charge on any atom is -0.497 e. The van der Waals surface area contributed by atoms with Gasteiger partial charge >= 0.3 is 0 Å². The molecule has 0 atom stereocenters. The summed E-state index contributed by atoms with van der Waals surface area (Å²) in [6, 6.07) is 13.9. The van der Waals surface area contributed by atoms with Crippen molar-refractivity contribution in [3.05, 3.63) is 88.4 Å². The molecule has 0 aliphatic carbocycles. The molecule has 0 amide bonds. The summed E-state index contributed by atoms with van der Waals surface area (Å²) in [5.74, 6) is 0.474. The molecule has 0 unspecified atom stereocenters. The molecule has 0 bridgehead atoms. The standard InChI is InChI=1S/C26H21FN6O2/c1-15-23(16-3-5-18(27)6-4-16)25-30-29-24-22(33(25)31-15)10-12-32(26(24)34)11-9-17-14-28-21-8-7-19(35-2)13-20(17)21/h3-8,10,12-14,28H,9,11H2,1-2H3. The summed E-state index contributed by atoms with van der Waals surface area (Å²) in [6.07, 6.45) is 4.38. The lowest BCUT2D eigenvalue weighted by molar-refractivity contribution is 0.415. The zero-order valence-electron chi connectivity index (χ0n) is 19.1. The number of rotatable bonds is 5. The van der Waals surface area contributed by atoms with Crippen LogP contribution in [0.2, 0.25) is 0 Å². The molecule has 0 aliphatic heterocycles. The van der Waals surface area contributed by atoms with Crippen LogP contribution in [0.1, 0.15) is 11.3 Å². The number of methoxy groups -OCH3 is 1. The Morgan fingerprint density at radius 2 is 1.91 bits per heavy atom. The molecular weight excluding hydrogens is 447 g/mol. The molecule has 4 aromatic heterocycles. The molecule has 0 saturated carbocycles. The Morgan fingerprint density at radius 3 is 2.71 bits per heavy atom. The number of halogens is 1. The van der Waals surface area contributed by atoms with E-state index in [1.807, 2.05) is 37.4 Å². The van der Waals surface area contributed by atoms with Crippen LogP contribution in [0.3, 0.4) is 0 Å². The number of nitrogens with one attached hydrogen (secondary N) is 1. The summed E-state index contributed by atoms with van der Waals surface area (Å²) >= 11 is 0. The fourth-order valence-electron chi connectivity index (χ4n) is 4.55. The number of aromatic nitrogens is 6. The van der Waals surface area contributed by atoms with Crippen LogP contribution in [0.5, 0.6) is 5.75 Å². The van der Waals surface area contributed by atoms with Crippen LogP contribution in [0, 0.1) is 12.7 Å². The first-order valence-electron chi connectivity index (χ1n) is 11.2. The number of pyridine rings is 1. The number of ether oxygens (including phenoxy) is 1. The van der Waals surface area contributed by atoms with Gasteiger partial charge in [-0.1, -0.05) is 12.1 Å². The van der Waals surface area contributed by atoms with E-state index in [0.717, 1.165) is 39.0 Å². The van der Waals surface area contributed by atoms with Gasteiger partial charge in [-0.3, -0.25) is 4.79 Å². The predicted molar refractivity (Wildman–Crippen MR) is 131 cm³/mol. The maximum absolute atomic E-state index is 13.4. The van der Waals surface area contributed by atoms with Crippen LogP contribution in [0.4, 0.5) is 4.39 Å². The molecule has 174 valence electrons. The Hall–Kier alpha value is -4.53. The van der Waals surface area contributed by atoms with Crippen molar-refractivity contribution >= 4 is 27.6 Å². The van der Waals surface area contributed by atoms with Crippen molar-refractivity contribution in [1.82, 2.24) is 29.4 Å². The second-order valence-corrected chi connectivity index (χ2v) is 8.43. The highest BCUT2D eigenvalue weighted by Crippen LogP contribution is 2.28. The van der Waals surface area contributed by atoms with Crippen LogP contribution >= 0.6 is 0 Å². The summed E-state index contributed by atoms with van der Waals surface area (Å²) in [5, 5.41) is 14.3. The van der Waals surface area contributed by atoms with E-state index in [1.165, 1.54) is 12.1 Å². The van der Waals surface area contributed by atoms with Crippen molar-refractivity contribution in [1.29, 1.82) is 0 Å². The molecule has 0 radical (unpaired) electrons. The van der Waals surface area contributed by atoms with Crippen LogP contribution in [0.25, 0.3) is 38.7 Å². The number of hydrogen-bond donors (Lipinski definition) is 1. The SMILES string of the molecule is COc1ccc2[nH]cc(CCn3ccc4c(nnc5c(-c6ccc(F)cc6)c(C)nn54)c3=O)c2c1. The average molecular weight is 468 g/mol. The molecule has 9 heteroatoms. The number of H-pyrrole nitrogens is 1. The molecule has 0 spiro atoms. The number of benzene rings is 2. The van der Waals surface area contributed by atoms with Gasteiger partial charge in [-0.15, -0.1) is 10.2 Å². The molecule has 4 heterocycles. The van der Waals surface area contributed by atoms with Crippen LogP contribution in [-0.4, -0.2) is 36.5 Å². The van der Waals surface area contributed by atoms with Gasteiger partial charge < -0.3 is 14.3 Å². The first kappa shape index (κ1) is 21.0. The summed E-state index contributed by atoms with van der Waals surface area (Å²) in [5.41, 5.74) is 5.49. The molecule has 0 aliphatic rings. The van der Waals surface area contributed by atoms with E-state index in [2.05, 4.69) is 20.3 Å². The first-order valence-corrected chi connectivity index (χ1v) is 11.2. The van der Waals surface area contributed by atoms with E-state index in [4.69, 9.17) is 4.74 Å². The number of aryl methyl sites for hydroxylation is 3. The fraction of sp³-hybridized carbons (Fsp3) is 0.154. The largest absolute Gasteiger partial charge is 0.497 e. The van der Waals surface area contributed by atoms with E-state index in [-0.39, 0.29) is 16.9 Å². The summed E-state index contributed by atoms with van der Waals surface area (Å²) in [6.45, 7) is 2.34. The Balaban J connectivity index is 1.38. The predicted octanol–water partition coefficient (Wildman–Crippen LogP) is 4.29. The van der Waals surface area contributed by atoms with Crippen molar-refractivity contribution in [3.63, 3.8) is 0 Å². The molecule has 6 aromatic rings. The van der Waals surface area contributed by atoms with Crippen LogP contribution in [0.15, 0.2) is 65.7 Å². The van der Waals surface area contributed by atoms with Crippen LogP contribution < -0.4 is 10.3 Å². The monoisotopic (exact) mass is 468 g/mol. The van der Waals surface area contributed by atoms with Crippen molar-refractivity contribution in [2.75, 3.05) is 7.11 Å². The third kappa shape index (κ3) is 3.43. The lowest BCUT2D eigenvalue weighted by Crippen LogP contribution is -2.22. The summed E-state index contributed by atoms with van der Waals surface area (Å²) in [4.78, 5) is 16.5. The van der Waals surface area contributed by atoms with Crippen molar-refractivity contribution in [3.8, 4) is 16.9 Å². The Labute approximate surface area is 198 Å². The van der Waals surface area contributed by atoms with Crippen molar-refractivity contribution in [2.45, 2.75) is 19.9 Å². The minimum atomic E-state index is -0.313. The molecule has 35 heavy (non-hydrogen) atoms. The van der Waals surface area contributed by atoms with Gasteiger partial charge in [-0.25, -0.2) is 8.91 Å². The third-order valence-corrected chi connectivity index (χ3v) is 6.36. The van der Waals surface area contributed by atoms with E-state index in [0.29, 0.717) is 24.1 Å². The zero-order valence-corrected chi connectivity index (χ0v) is 19.1. The lowest BCUT2D eigenvalue weighted by Gasteiger charge is -2.08. The van der Waals surface area contributed by atoms with Gasteiger partial charge in [0.15, 0.2) is 11.2 Å². The minimum absolute atomic E-state index is 0.231. The molecule has 0 fully saturated rings. The molecular formula is C26H21FN6O2. The highest BCUT2D eigenvalue weighted by atomic mass is 19.1. The van der Waals surface area contributed by atoms with Gasteiger partial charge in [0.1, 0.15) is 17.1 Å². The van der Waals surface area contributed by atoms with Gasteiger partial charge in [-0.2, -0.15) is 5.10 Å². The first-order chi connectivity index (χ1) is 17.0. The molecule has 0 saturated heterocycles. The summed E-state index contributed by atoms with van der Waals surface area (Å²) < 4.78 is 22.0. The Kier molecular flexibility index (Phi) is 4.84. The second kappa shape index (κ2) is 8.05. The second-order valence-electron chi connectivity index (χ2n) is 8.43. The molecule has 8 nitrogen and oxygen atoms in total. The smallest absolute Gasteiger partial charge is 0.280 e. The van der Waals surface area contributed by atoms with E-state index in [1.54, 1.807) is 34.5 Å². The maximum atomic E-state index is 13.4. The Morgan fingerprint density at radius 1 is 1.09 bits per heavy atom. The number of aromatic amines is 1. The van der Waals surface area contributed by atoms with E-state index < -0.39 is 0 Å². The Bertz CT molecular complexity index is 1780. The fourth-order valence-corrected chi connectivity index (χ4v) is 4.55. The van der Waals surface area contributed by atoms with Crippen molar-refractivity contribution < 1.29 is 9.13 Å². The van der Waals surface area contributed by atoms with Gasteiger partial charge in [0, 0.05) is 29.8 Å². The maximum Gasteiger partial charge on any atom is 0.280 e. The van der Waals surface area contributed by atoms with Gasteiger partial charge in [0.05, 0.1) is 18.4 Å². The van der Waals surface area contributed by atoms with Crippen LogP contribution in [-0.2, 0) is 13.0 Å². The molecule has 2 aromatic carbocycles.